The van der Waals surface area contributed by atoms with Gasteiger partial charge in [0.25, 0.3) is 0 Å². The molecule has 0 amide bonds. The van der Waals surface area contributed by atoms with Gasteiger partial charge in [0.15, 0.2) is 5.82 Å². The normalized spacial score (nSPS) is 11.2. The van der Waals surface area contributed by atoms with Gasteiger partial charge in [-0.05, 0) is 53.6 Å². The Bertz CT molecular complexity index is 1870. The van der Waals surface area contributed by atoms with Crippen molar-refractivity contribution in [2.45, 2.75) is 0 Å². The smallest absolute Gasteiger partial charge is 0.201 e. The zero-order chi connectivity index (χ0) is 24.6. The maximum Gasteiger partial charge on any atom is 0.201 e. The zero-order valence-electron chi connectivity index (χ0n) is 19.6. The third kappa shape index (κ3) is 3.70. The average Bonchev–Trinajstić information content (AvgIpc) is 3.31. The van der Waals surface area contributed by atoms with E-state index in [4.69, 9.17) is 0 Å². The summed E-state index contributed by atoms with van der Waals surface area (Å²) >= 11 is 0. The van der Waals surface area contributed by atoms with Crippen molar-refractivity contribution in [3.8, 4) is 39.9 Å². The molecule has 0 N–H and O–H groups in total. The maximum absolute atomic E-state index is 4.65. The number of aromatic nitrogens is 7. The molecular formula is C30H19N7. The van der Waals surface area contributed by atoms with Crippen molar-refractivity contribution < 1.29 is 0 Å². The molecule has 174 valence electrons. The first kappa shape index (κ1) is 21.0. The molecule has 3 aromatic heterocycles. The van der Waals surface area contributed by atoms with E-state index in [1.165, 1.54) is 30.1 Å². The molecule has 7 heteroatoms. The molecule has 0 spiro atoms. The summed E-state index contributed by atoms with van der Waals surface area (Å²) < 4.78 is 2.30. The minimum atomic E-state index is 0.408. The Morgan fingerprint density at radius 1 is 0.459 bits per heavy atom. The lowest BCUT2D eigenvalue weighted by Gasteiger charge is -2.08. The molecular weight excluding hydrogens is 458 g/mol. The van der Waals surface area contributed by atoms with Crippen LogP contribution < -0.4 is 0 Å². The molecule has 0 fully saturated rings. The van der Waals surface area contributed by atoms with Gasteiger partial charge >= 0.3 is 0 Å². The van der Waals surface area contributed by atoms with Crippen LogP contribution in [-0.4, -0.2) is 34.5 Å². The predicted molar refractivity (Wildman–Crippen MR) is 144 cm³/mol. The molecule has 3 heterocycles. The van der Waals surface area contributed by atoms with Gasteiger partial charge in [-0.3, -0.25) is 0 Å². The number of benzene rings is 4. The fraction of sp³-hybridized carbons (Fsp3) is 0. The van der Waals surface area contributed by atoms with Crippen LogP contribution in [0.2, 0.25) is 0 Å². The van der Waals surface area contributed by atoms with Crippen LogP contribution in [0.25, 0.3) is 61.7 Å². The van der Waals surface area contributed by atoms with Crippen LogP contribution in [0.4, 0.5) is 0 Å². The van der Waals surface area contributed by atoms with E-state index in [1.54, 1.807) is 0 Å². The molecule has 0 unspecified atom stereocenters. The second kappa shape index (κ2) is 8.73. The largest absolute Gasteiger partial charge is 0.309 e. The highest BCUT2D eigenvalue weighted by molar-refractivity contribution is 6.11. The molecule has 0 saturated carbocycles. The van der Waals surface area contributed by atoms with Crippen LogP contribution in [0.3, 0.4) is 0 Å². The lowest BCUT2D eigenvalue weighted by atomic mass is 10.0. The van der Waals surface area contributed by atoms with E-state index in [1.807, 2.05) is 18.2 Å². The third-order valence-electron chi connectivity index (χ3n) is 6.41. The van der Waals surface area contributed by atoms with Gasteiger partial charge in [0, 0.05) is 22.0 Å². The summed E-state index contributed by atoms with van der Waals surface area (Å²) in [7, 11) is 0. The van der Waals surface area contributed by atoms with Gasteiger partial charge in [-0.1, -0.05) is 54.6 Å². The van der Waals surface area contributed by atoms with Crippen molar-refractivity contribution in [2.75, 3.05) is 0 Å². The molecule has 0 aliphatic heterocycles. The topological polar surface area (TPSA) is 82.3 Å². The van der Waals surface area contributed by atoms with E-state index in [2.05, 4.69) is 113 Å². The molecule has 0 saturated heterocycles. The van der Waals surface area contributed by atoms with Gasteiger partial charge in [-0.25, -0.2) is 29.9 Å². The minimum absolute atomic E-state index is 0.408. The van der Waals surface area contributed by atoms with Crippen LogP contribution in [-0.2, 0) is 0 Å². The first-order valence-corrected chi connectivity index (χ1v) is 11.9. The molecule has 7 aromatic rings. The first-order valence-electron chi connectivity index (χ1n) is 11.9. The van der Waals surface area contributed by atoms with Crippen molar-refractivity contribution >= 4 is 21.8 Å². The summed E-state index contributed by atoms with van der Waals surface area (Å²) in [5.41, 5.74) is 6.60. The average molecular weight is 478 g/mol. The van der Waals surface area contributed by atoms with E-state index in [0.717, 1.165) is 33.1 Å². The van der Waals surface area contributed by atoms with Crippen LogP contribution in [0.5, 0.6) is 0 Å². The van der Waals surface area contributed by atoms with Gasteiger partial charge in [-0.2, -0.15) is 0 Å². The lowest BCUT2D eigenvalue weighted by Crippen LogP contribution is -1.98. The van der Waals surface area contributed by atoms with Crippen LogP contribution in [0.1, 0.15) is 0 Å². The van der Waals surface area contributed by atoms with Crippen LogP contribution in [0, 0.1) is 0 Å². The molecule has 0 aliphatic carbocycles. The molecule has 7 rings (SSSR count). The van der Waals surface area contributed by atoms with Crippen molar-refractivity contribution in [1.82, 2.24) is 34.5 Å². The Labute approximate surface area is 212 Å². The van der Waals surface area contributed by atoms with Gasteiger partial charge in [0.1, 0.15) is 19.0 Å². The number of para-hydroxylation sites is 1. The summed E-state index contributed by atoms with van der Waals surface area (Å²) in [6.45, 7) is 0. The number of hydrogen-bond acceptors (Lipinski definition) is 6. The van der Waals surface area contributed by atoms with E-state index in [9.17, 15) is 0 Å². The molecule has 0 radical (unpaired) electrons. The van der Waals surface area contributed by atoms with Crippen LogP contribution in [0.15, 0.2) is 116 Å². The molecule has 4 aromatic carbocycles. The predicted octanol–water partition coefficient (Wildman–Crippen LogP) is 6.15. The fourth-order valence-electron chi connectivity index (χ4n) is 4.73. The molecule has 7 nitrogen and oxygen atoms in total. The molecule has 0 aliphatic rings. The summed E-state index contributed by atoms with van der Waals surface area (Å²) in [5, 5.41) is 2.28. The summed E-state index contributed by atoms with van der Waals surface area (Å²) in [6.07, 6.45) is 4.35. The molecule has 0 atom stereocenters. The second-order valence-electron chi connectivity index (χ2n) is 8.60. The van der Waals surface area contributed by atoms with Gasteiger partial charge in [0.05, 0.1) is 11.0 Å². The quantitative estimate of drug-likeness (QED) is 0.302. The van der Waals surface area contributed by atoms with E-state index >= 15 is 0 Å². The van der Waals surface area contributed by atoms with Crippen molar-refractivity contribution in [3.63, 3.8) is 0 Å². The Balaban J connectivity index is 1.46. The highest BCUT2D eigenvalue weighted by atomic mass is 15.1. The first-order chi connectivity index (χ1) is 18.3. The standard InChI is InChI=1S/C30H19N7/c1-3-7-20(8-4-1)21-11-13-26-24(15-21)25-16-22(12-14-27(25)37(26)23-9-5-2-6-10-23)28-34-19-35-30(36-28)29-32-17-31-18-33-29/h1-19H. The van der Waals surface area contributed by atoms with E-state index in [-0.39, 0.29) is 0 Å². The SMILES string of the molecule is c1ccc(-c2ccc3c(c2)c2cc(-c4ncnc(-c5ncncn5)n4)ccc2n3-c2ccccc2)cc1. The third-order valence-corrected chi connectivity index (χ3v) is 6.41. The van der Waals surface area contributed by atoms with Crippen molar-refractivity contribution in [2.24, 2.45) is 0 Å². The maximum atomic E-state index is 4.65. The van der Waals surface area contributed by atoms with Crippen molar-refractivity contribution in [1.29, 1.82) is 0 Å². The summed E-state index contributed by atoms with van der Waals surface area (Å²) in [5.74, 6) is 1.38. The lowest BCUT2D eigenvalue weighted by molar-refractivity contribution is 0.990. The monoisotopic (exact) mass is 477 g/mol. The zero-order valence-corrected chi connectivity index (χ0v) is 19.6. The van der Waals surface area contributed by atoms with Gasteiger partial charge in [0.2, 0.25) is 11.6 Å². The minimum Gasteiger partial charge on any atom is -0.309 e. The van der Waals surface area contributed by atoms with Crippen molar-refractivity contribution in [3.05, 3.63) is 116 Å². The second-order valence-corrected chi connectivity index (χ2v) is 8.60. The highest BCUT2D eigenvalue weighted by Crippen LogP contribution is 2.36. The van der Waals surface area contributed by atoms with Gasteiger partial charge < -0.3 is 4.57 Å². The Morgan fingerprint density at radius 2 is 1.05 bits per heavy atom. The Hall–Kier alpha value is -5.30. The van der Waals surface area contributed by atoms with E-state index in [0.29, 0.717) is 17.5 Å². The Morgan fingerprint density at radius 3 is 1.78 bits per heavy atom. The number of rotatable bonds is 4. The van der Waals surface area contributed by atoms with Gasteiger partial charge in [-0.15, -0.1) is 0 Å². The number of fused-ring (bicyclic) bond motifs is 3. The summed E-state index contributed by atoms with van der Waals surface area (Å²) in [6, 6.07) is 33.8. The Kier molecular flexibility index (Phi) is 4.96. The fourth-order valence-corrected chi connectivity index (χ4v) is 4.73. The number of nitrogens with zero attached hydrogens (tertiary/aromatic N) is 7. The van der Waals surface area contributed by atoms with Crippen LogP contribution >= 0.6 is 0 Å². The summed E-state index contributed by atoms with van der Waals surface area (Å²) in [4.78, 5) is 25.6. The highest BCUT2D eigenvalue weighted by Gasteiger charge is 2.16. The molecule has 0 bridgehead atoms. The number of hydrogen-bond donors (Lipinski definition) is 0. The molecule has 37 heavy (non-hydrogen) atoms. The van der Waals surface area contributed by atoms with E-state index < -0.39 is 0 Å².